The van der Waals surface area contributed by atoms with Crippen LogP contribution in [0.15, 0.2) is 24.3 Å². The van der Waals surface area contributed by atoms with Gasteiger partial charge in [-0.15, -0.1) is 0 Å². The summed E-state index contributed by atoms with van der Waals surface area (Å²) < 4.78 is 5.90. The third kappa shape index (κ3) is 4.07. The number of fused-ring (bicyclic) bond motifs is 1. The maximum absolute atomic E-state index is 12.7. The largest absolute Gasteiger partial charge is 0.505 e. The van der Waals surface area contributed by atoms with Gasteiger partial charge in [0.1, 0.15) is 11.5 Å². The van der Waals surface area contributed by atoms with Crippen LogP contribution in [0, 0.1) is 13.8 Å². The zero-order valence-corrected chi connectivity index (χ0v) is 16.8. The van der Waals surface area contributed by atoms with Gasteiger partial charge in [-0.05, 0) is 44.4 Å². The fraction of sp³-hybridized carbons (Fsp3) is 0.333. The molecule has 2 aromatic carbocycles. The zero-order valence-electron chi connectivity index (χ0n) is 16.1. The van der Waals surface area contributed by atoms with Gasteiger partial charge in [-0.2, -0.15) is 0 Å². The number of carbonyl (C=O) groups excluding carboxylic acids is 2. The molecule has 1 unspecified atom stereocenters. The lowest BCUT2D eigenvalue weighted by molar-refractivity contribution is -0.123. The Kier molecular flexibility index (Phi) is 5.79. The fourth-order valence-electron chi connectivity index (χ4n) is 3.23. The first-order valence-electron chi connectivity index (χ1n) is 9.19. The second-order valence-corrected chi connectivity index (χ2v) is 7.34. The predicted molar refractivity (Wildman–Crippen MR) is 109 cm³/mol. The van der Waals surface area contributed by atoms with Crippen molar-refractivity contribution in [2.24, 2.45) is 0 Å². The molecule has 0 aliphatic carbocycles. The van der Waals surface area contributed by atoms with Gasteiger partial charge in [-0.1, -0.05) is 36.2 Å². The summed E-state index contributed by atoms with van der Waals surface area (Å²) in [7, 11) is 0. The van der Waals surface area contributed by atoms with Crippen LogP contribution in [0.3, 0.4) is 0 Å². The van der Waals surface area contributed by atoms with Crippen molar-refractivity contribution in [2.75, 3.05) is 10.6 Å². The molecular weight excluding hydrogens is 380 g/mol. The minimum absolute atomic E-state index is 0.0888. The van der Waals surface area contributed by atoms with Crippen molar-refractivity contribution in [1.82, 2.24) is 0 Å². The van der Waals surface area contributed by atoms with E-state index in [4.69, 9.17) is 16.3 Å². The molecule has 2 amide bonds. The summed E-state index contributed by atoms with van der Waals surface area (Å²) in [6.45, 7) is 5.77. The summed E-state index contributed by atoms with van der Waals surface area (Å²) in [6, 6.07) is 7.19. The van der Waals surface area contributed by atoms with E-state index in [-0.39, 0.29) is 34.7 Å². The number of hydrogen-bond donors (Lipinski definition) is 3. The van der Waals surface area contributed by atoms with Crippen molar-refractivity contribution in [3.8, 4) is 11.5 Å². The molecule has 1 heterocycles. The number of rotatable bonds is 5. The molecule has 0 saturated carbocycles. The summed E-state index contributed by atoms with van der Waals surface area (Å²) in [5.74, 6) is 0.0178. The number of anilines is 2. The van der Waals surface area contributed by atoms with Crippen LogP contribution in [-0.4, -0.2) is 23.0 Å². The van der Waals surface area contributed by atoms with Crippen LogP contribution in [0.4, 0.5) is 11.4 Å². The lowest BCUT2D eigenvalue weighted by Gasteiger charge is -2.23. The number of aryl methyl sites for hydroxylation is 2. The third-order valence-electron chi connectivity index (χ3n) is 4.74. The number of hydrogen-bond acceptors (Lipinski definition) is 4. The molecule has 1 aliphatic rings. The number of phenolic OH excluding ortho intramolecular Hbond substituents is 1. The molecular formula is C21H23ClN2O4. The van der Waals surface area contributed by atoms with Gasteiger partial charge in [-0.3, -0.25) is 9.59 Å². The number of aromatic hydroxyl groups is 1. The smallest absolute Gasteiger partial charge is 0.265 e. The summed E-state index contributed by atoms with van der Waals surface area (Å²) in [4.78, 5) is 24.3. The van der Waals surface area contributed by atoms with Crippen LogP contribution >= 0.6 is 11.6 Å². The molecule has 0 fully saturated rings. The topological polar surface area (TPSA) is 87.7 Å². The summed E-state index contributed by atoms with van der Waals surface area (Å²) in [5, 5.41) is 16.2. The first-order chi connectivity index (χ1) is 13.3. The van der Waals surface area contributed by atoms with Crippen molar-refractivity contribution >= 4 is 34.8 Å². The van der Waals surface area contributed by atoms with Gasteiger partial charge in [0, 0.05) is 12.0 Å². The number of carbonyl (C=O) groups is 2. The van der Waals surface area contributed by atoms with Gasteiger partial charge >= 0.3 is 0 Å². The molecule has 3 N–H and O–H groups in total. The third-order valence-corrected chi connectivity index (χ3v) is 5.04. The highest BCUT2D eigenvalue weighted by Gasteiger charge is 2.26. The van der Waals surface area contributed by atoms with E-state index in [1.165, 1.54) is 6.07 Å². The van der Waals surface area contributed by atoms with Gasteiger partial charge in [0.2, 0.25) is 5.91 Å². The Morgan fingerprint density at radius 3 is 2.75 bits per heavy atom. The van der Waals surface area contributed by atoms with Crippen LogP contribution in [0.1, 0.15) is 36.5 Å². The molecule has 1 atom stereocenters. The number of halogens is 1. The normalized spacial score (nSPS) is 14.1. The zero-order chi connectivity index (χ0) is 20.4. The molecule has 6 nitrogen and oxygen atoms in total. The number of phenols is 1. The van der Waals surface area contributed by atoms with Gasteiger partial charge in [0.25, 0.3) is 5.91 Å². The molecule has 3 rings (SSSR count). The quantitative estimate of drug-likeness (QED) is 0.649. The SMILES string of the molecule is CCC(Oc1ccc(C)cc1C)C(=O)Nc1cc(Cl)c2c(c1O)CCC(=O)N2. The Hall–Kier alpha value is -2.73. The molecule has 0 saturated heterocycles. The lowest BCUT2D eigenvalue weighted by Crippen LogP contribution is -2.32. The van der Waals surface area contributed by atoms with E-state index in [2.05, 4.69) is 10.6 Å². The van der Waals surface area contributed by atoms with Crippen molar-refractivity contribution in [3.63, 3.8) is 0 Å². The van der Waals surface area contributed by atoms with Gasteiger partial charge in [0.05, 0.1) is 16.4 Å². The molecule has 0 aromatic heterocycles. The second kappa shape index (κ2) is 8.10. The maximum atomic E-state index is 12.7. The molecule has 7 heteroatoms. The van der Waals surface area contributed by atoms with Gasteiger partial charge in [-0.25, -0.2) is 0 Å². The molecule has 0 spiro atoms. The first kappa shape index (κ1) is 20.0. The Labute approximate surface area is 168 Å². The van der Waals surface area contributed by atoms with Crippen LogP contribution in [0.2, 0.25) is 5.02 Å². The minimum atomic E-state index is -0.727. The van der Waals surface area contributed by atoms with Crippen molar-refractivity contribution in [3.05, 3.63) is 46.0 Å². The van der Waals surface area contributed by atoms with Crippen molar-refractivity contribution < 1.29 is 19.4 Å². The van der Waals surface area contributed by atoms with Crippen LogP contribution in [-0.2, 0) is 16.0 Å². The predicted octanol–water partition coefficient (Wildman–Crippen LogP) is 4.34. The molecule has 2 aromatic rings. The van der Waals surface area contributed by atoms with Crippen LogP contribution in [0.25, 0.3) is 0 Å². The summed E-state index contributed by atoms with van der Waals surface area (Å²) >= 11 is 6.24. The van der Waals surface area contributed by atoms with Crippen molar-refractivity contribution in [2.45, 2.75) is 46.1 Å². The van der Waals surface area contributed by atoms with E-state index >= 15 is 0 Å². The maximum Gasteiger partial charge on any atom is 0.265 e. The minimum Gasteiger partial charge on any atom is -0.505 e. The van der Waals surface area contributed by atoms with Crippen LogP contribution < -0.4 is 15.4 Å². The van der Waals surface area contributed by atoms with E-state index in [1.807, 2.05) is 39.0 Å². The number of amides is 2. The highest BCUT2D eigenvalue weighted by molar-refractivity contribution is 6.34. The number of benzene rings is 2. The summed E-state index contributed by atoms with van der Waals surface area (Å²) in [5.41, 5.74) is 3.18. The lowest BCUT2D eigenvalue weighted by atomic mass is 10.0. The van der Waals surface area contributed by atoms with E-state index < -0.39 is 6.10 Å². The summed E-state index contributed by atoms with van der Waals surface area (Å²) in [6.07, 6.45) is 0.332. The second-order valence-electron chi connectivity index (χ2n) is 6.93. The highest BCUT2D eigenvalue weighted by Crippen LogP contribution is 2.42. The van der Waals surface area contributed by atoms with Gasteiger partial charge < -0.3 is 20.5 Å². The molecule has 148 valence electrons. The standard InChI is InChI=1S/C21H23ClN2O4/c1-4-16(28-17-7-5-11(2)9-12(17)3)21(27)23-15-10-14(22)19-13(20(15)26)6-8-18(25)24-19/h5,7,9-10,16,26H,4,6,8H2,1-3H3,(H,23,27)(H,24,25). The Balaban J connectivity index is 1.81. The molecule has 1 aliphatic heterocycles. The van der Waals surface area contributed by atoms with Crippen molar-refractivity contribution in [1.29, 1.82) is 0 Å². The first-order valence-corrected chi connectivity index (χ1v) is 9.57. The monoisotopic (exact) mass is 402 g/mol. The molecule has 0 radical (unpaired) electrons. The van der Waals surface area contributed by atoms with E-state index in [9.17, 15) is 14.7 Å². The van der Waals surface area contributed by atoms with E-state index in [1.54, 1.807) is 0 Å². The fourth-order valence-corrected chi connectivity index (χ4v) is 3.50. The average Bonchev–Trinajstić information content (AvgIpc) is 2.65. The van der Waals surface area contributed by atoms with Gasteiger partial charge in [0.15, 0.2) is 6.10 Å². The number of nitrogens with one attached hydrogen (secondary N) is 2. The van der Waals surface area contributed by atoms with E-state index in [0.717, 1.165) is 11.1 Å². The molecule has 0 bridgehead atoms. The Morgan fingerprint density at radius 1 is 1.32 bits per heavy atom. The average molecular weight is 403 g/mol. The number of ether oxygens (including phenoxy) is 1. The molecule has 28 heavy (non-hydrogen) atoms. The Bertz CT molecular complexity index is 942. The van der Waals surface area contributed by atoms with Crippen LogP contribution in [0.5, 0.6) is 11.5 Å². The highest BCUT2D eigenvalue weighted by atomic mass is 35.5. The van der Waals surface area contributed by atoms with E-state index in [0.29, 0.717) is 29.8 Å². The Morgan fingerprint density at radius 2 is 2.07 bits per heavy atom.